The highest BCUT2D eigenvalue weighted by atomic mass is 16.5. The highest BCUT2D eigenvalue weighted by Gasteiger charge is 2.22. The van der Waals surface area contributed by atoms with Gasteiger partial charge in [0.1, 0.15) is 0 Å². The molecule has 1 saturated carbocycles. The van der Waals surface area contributed by atoms with Gasteiger partial charge in [0.2, 0.25) is 5.91 Å². The van der Waals surface area contributed by atoms with Crippen molar-refractivity contribution in [1.29, 1.82) is 0 Å². The van der Waals surface area contributed by atoms with E-state index >= 15 is 0 Å². The number of nitrogens with zero attached hydrogens (tertiary/aromatic N) is 1. The van der Waals surface area contributed by atoms with E-state index in [4.69, 9.17) is 4.74 Å². The molecule has 3 heteroatoms. The summed E-state index contributed by atoms with van der Waals surface area (Å²) in [6, 6.07) is 16.2. The second-order valence-corrected chi connectivity index (χ2v) is 9.73. The lowest BCUT2D eigenvalue weighted by Crippen LogP contribution is -2.25. The quantitative estimate of drug-likeness (QED) is 0.244. The fourth-order valence-corrected chi connectivity index (χ4v) is 5.06. The second-order valence-electron chi connectivity index (χ2n) is 9.73. The SMILES string of the molecule is C=CC(=O)N(C)CCCc1ccc(-c2ccc(C3CCC(OCCCC)CC3)cc2)c(CC)c1. The molecule has 0 atom stereocenters. The van der Waals surface area contributed by atoms with E-state index in [1.807, 2.05) is 7.05 Å². The van der Waals surface area contributed by atoms with Gasteiger partial charge in [-0.15, -0.1) is 0 Å². The van der Waals surface area contributed by atoms with Gasteiger partial charge >= 0.3 is 0 Å². The Hall–Kier alpha value is -2.39. The predicted octanol–water partition coefficient (Wildman–Crippen LogP) is 7.34. The Balaban J connectivity index is 1.57. The van der Waals surface area contributed by atoms with Crippen LogP contribution in [-0.2, 0) is 22.4 Å². The third-order valence-corrected chi connectivity index (χ3v) is 7.28. The zero-order chi connectivity index (χ0) is 24.3. The zero-order valence-corrected chi connectivity index (χ0v) is 21.5. The van der Waals surface area contributed by atoms with Crippen LogP contribution >= 0.6 is 0 Å². The van der Waals surface area contributed by atoms with Gasteiger partial charge in [-0.05, 0) is 91.2 Å². The summed E-state index contributed by atoms with van der Waals surface area (Å²) in [6.07, 6.45) is 12.0. The van der Waals surface area contributed by atoms with E-state index in [0.717, 1.165) is 32.4 Å². The molecule has 0 heterocycles. The van der Waals surface area contributed by atoms with Gasteiger partial charge in [0.15, 0.2) is 0 Å². The minimum absolute atomic E-state index is 0.0126. The molecule has 184 valence electrons. The Morgan fingerprint density at radius 3 is 2.44 bits per heavy atom. The van der Waals surface area contributed by atoms with E-state index in [0.29, 0.717) is 12.0 Å². The Morgan fingerprint density at radius 1 is 1.06 bits per heavy atom. The summed E-state index contributed by atoms with van der Waals surface area (Å²) in [7, 11) is 1.83. The molecule has 1 fully saturated rings. The average molecular weight is 462 g/mol. The lowest BCUT2D eigenvalue weighted by Gasteiger charge is -2.29. The molecule has 0 spiro atoms. The Bertz CT molecular complexity index is 910. The van der Waals surface area contributed by atoms with Crippen LogP contribution in [-0.4, -0.2) is 37.1 Å². The summed E-state index contributed by atoms with van der Waals surface area (Å²) in [4.78, 5) is 13.4. The molecule has 2 aromatic rings. The van der Waals surface area contributed by atoms with Gasteiger partial charge in [-0.3, -0.25) is 4.79 Å². The first kappa shape index (κ1) is 26.2. The van der Waals surface area contributed by atoms with Crippen LogP contribution in [0, 0.1) is 0 Å². The van der Waals surface area contributed by atoms with Gasteiger partial charge in [-0.1, -0.05) is 69.3 Å². The standard InChI is InChI=1S/C31H43NO2/c1-5-8-22-34-29-18-16-27(17-19-29)26-12-14-28(15-13-26)30-20-11-24(23-25(30)6-2)10-9-21-32(4)31(33)7-3/h7,11-15,20,23,27,29H,3,5-6,8-10,16-19,21-22H2,1-2,4H3. The molecule has 0 bridgehead atoms. The molecule has 0 saturated heterocycles. The van der Waals surface area contributed by atoms with Gasteiger partial charge in [0.05, 0.1) is 6.10 Å². The van der Waals surface area contributed by atoms with Crippen LogP contribution in [0.25, 0.3) is 11.1 Å². The van der Waals surface area contributed by atoms with Gasteiger partial charge in [-0.2, -0.15) is 0 Å². The molecule has 3 nitrogen and oxygen atoms in total. The van der Waals surface area contributed by atoms with E-state index in [2.05, 4.69) is 62.9 Å². The first-order valence-electron chi connectivity index (χ1n) is 13.3. The van der Waals surface area contributed by atoms with Crippen LogP contribution < -0.4 is 0 Å². The third-order valence-electron chi connectivity index (χ3n) is 7.28. The predicted molar refractivity (Wildman–Crippen MR) is 143 cm³/mol. The number of ether oxygens (including phenoxy) is 1. The summed E-state index contributed by atoms with van der Waals surface area (Å²) in [5.41, 5.74) is 6.86. The van der Waals surface area contributed by atoms with Gasteiger partial charge in [0, 0.05) is 20.2 Å². The van der Waals surface area contributed by atoms with Crippen molar-refractivity contribution >= 4 is 5.91 Å². The summed E-state index contributed by atoms with van der Waals surface area (Å²) in [6.45, 7) is 9.68. The Kier molecular flexibility index (Phi) is 10.4. The summed E-state index contributed by atoms with van der Waals surface area (Å²) >= 11 is 0. The molecule has 1 aliphatic carbocycles. The van der Waals surface area contributed by atoms with Crippen molar-refractivity contribution in [1.82, 2.24) is 4.90 Å². The maximum atomic E-state index is 11.6. The molecule has 0 N–H and O–H groups in total. The number of aryl methyl sites for hydroxylation is 2. The second kappa shape index (κ2) is 13.5. The topological polar surface area (TPSA) is 29.5 Å². The number of likely N-dealkylation sites (N-methyl/N-ethyl adjacent to an activating group) is 1. The molecule has 1 amide bonds. The number of carbonyl (C=O) groups is 1. The summed E-state index contributed by atoms with van der Waals surface area (Å²) in [5, 5.41) is 0. The van der Waals surface area contributed by atoms with Crippen LogP contribution in [0.15, 0.2) is 55.1 Å². The van der Waals surface area contributed by atoms with Crippen molar-refractivity contribution in [2.24, 2.45) is 0 Å². The van der Waals surface area contributed by atoms with Crippen LogP contribution in [0.2, 0.25) is 0 Å². The molecule has 0 radical (unpaired) electrons. The van der Waals surface area contributed by atoms with Crippen molar-refractivity contribution in [3.05, 3.63) is 71.8 Å². The highest BCUT2D eigenvalue weighted by molar-refractivity contribution is 5.86. The summed E-state index contributed by atoms with van der Waals surface area (Å²) < 4.78 is 6.05. The first-order valence-corrected chi connectivity index (χ1v) is 13.3. The van der Waals surface area contributed by atoms with Crippen LogP contribution in [0.5, 0.6) is 0 Å². The number of hydrogen-bond donors (Lipinski definition) is 0. The number of carbonyl (C=O) groups excluding carboxylic acids is 1. The number of hydrogen-bond acceptors (Lipinski definition) is 2. The zero-order valence-electron chi connectivity index (χ0n) is 21.5. The molecule has 0 aromatic heterocycles. The van der Waals surface area contributed by atoms with Crippen molar-refractivity contribution in [2.45, 2.75) is 83.7 Å². The normalized spacial score (nSPS) is 18.0. The molecule has 2 aromatic carbocycles. The Labute approximate surface area is 207 Å². The van der Waals surface area contributed by atoms with Crippen LogP contribution in [0.3, 0.4) is 0 Å². The minimum Gasteiger partial charge on any atom is -0.378 e. The lowest BCUT2D eigenvalue weighted by molar-refractivity contribution is -0.124. The van der Waals surface area contributed by atoms with E-state index in [9.17, 15) is 4.79 Å². The fraction of sp³-hybridized carbons (Fsp3) is 0.516. The maximum Gasteiger partial charge on any atom is 0.245 e. The largest absolute Gasteiger partial charge is 0.378 e. The van der Waals surface area contributed by atoms with Crippen molar-refractivity contribution < 1.29 is 9.53 Å². The fourth-order valence-electron chi connectivity index (χ4n) is 5.06. The van der Waals surface area contributed by atoms with Crippen LogP contribution in [0.4, 0.5) is 0 Å². The van der Waals surface area contributed by atoms with Crippen molar-refractivity contribution in [3.63, 3.8) is 0 Å². The van der Waals surface area contributed by atoms with Gasteiger partial charge < -0.3 is 9.64 Å². The van der Waals surface area contributed by atoms with Crippen LogP contribution in [0.1, 0.15) is 81.4 Å². The first-order chi connectivity index (χ1) is 16.5. The van der Waals surface area contributed by atoms with Crippen molar-refractivity contribution in [2.75, 3.05) is 20.2 Å². The Morgan fingerprint density at radius 2 is 1.79 bits per heavy atom. The van der Waals surface area contributed by atoms with E-state index in [1.165, 1.54) is 72.4 Å². The molecular formula is C31H43NO2. The molecule has 34 heavy (non-hydrogen) atoms. The van der Waals surface area contributed by atoms with E-state index in [-0.39, 0.29) is 5.91 Å². The maximum absolute atomic E-state index is 11.6. The molecule has 0 aliphatic heterocycles. The summed E-state index contributed by atoms with van der Waals surface area (Å²) in [5.74, 6) is 0.653. The molecule has 3 rings (SSSR count). The molecular weight excluding hydrogens is 418 g/mol. The van der Waals surface area contributed by atoms with E-state index < -0.39 is 0 Å². The number of benzene rings is 2. The number of rotatable bonds is 12. The monoisotopic (exact) mass is 461 g/mol. The van der Waals surface area contributed by atoms with E-state index in [1.54, 1.807) is 4.90 Å². The van der Waals surface area contributed by atoms with Gasteiger partial charge in [-0.25, -0.2) is 0 Å². The molecule has 1 aliphatic rings. The third kappa shape index (κ3) is 7.30. The number of amides is 1. The lowest BCUT2D eigenvalue weighted by atomic mass is 9.82. The smallest absolute Gasteiger partial charge is 0.245 e. The minimum atomic E-state index is -0.0126. The number of unbranched alkanes of at least 4 members (excludes halogenated alkanes) is 1. The highest BCUT2D eigenvalue weighted by Crippen LogP contribution is 2.35. The van der Waals surface area contributed by atoms with Crippen molar-refractivity contribution in [3.8, 4) is 11.1 Å². The van der Waals surface area contributed by atoms with Gasteiger partial charge in [0.25, 0.3) is 0 Å². The molecule has 0 unspecified atom stereocenters. The average Bonchev–Trinajstić information content (AvgIpc) is 2.88.